The maximum absolute atomic E-state index is 11.7. The topological polar surface area (TPSA) is 125 Å². The van der Waals surface area contributed by atoms with Gasteiger partial charge >= 0.3 is 12.0 Å². The van der Waals surface area contributed by atoms with Crippen LogP contribution in [0, 0.1) is 6.92 Å². The molecule has 0 unspecified atom stereocenters. The Bertz CT molecular complexity index is 642. The van der Waals surface area contributed by atoms with Gasteiger partial charge in [-0.2, -0.15) is 0 Å². The summed E-state index contributed by atoms with van der Waals surface area (Å²) in [6, 6.07) is 3.93. The molecule has 0 atom stereocenters. The quantitative estimate of drug-likeness (QED) is 0.603. The number of rotatable bonds is 6. The van der Waals surface area contributed by atoms with Crippen molar-refractivity contribution in [2.75, 3.05) is 24.7 Å². The number of aromatic carboxylic acids is 1. The highest BCUT2D eigenvalue weighted by molar-refractivity contribution is 7.89. The fourth-order valence-electron chi connectivity index (χ4n) is 1.57. The normalized spacial score (nSPS) is 11.0. The summed E-state index contributed by atoms with van der Waals surface area (Å²) in [5, 5.41) is 13.8. The lowest BCUT2D eigenvalue weighted by atomic mass is 10.1. The van der Waals surface area contributed by atoms with Crippen molar-refractivity contribution in [2.45, 2.75) is 6.92 Å². The van der Waals surface area contributed by atoms with Crippen molar-refractivity contribution in [3.8, 4) is 0 Å². The Balaban J connectivity index is 2.70. The van der Waals surface area contributed by atoms with Crippen LogP contribution in [0.4, 0.5) is 10.5 Å². The first-order chi connectivity index (χ1) is 9.76. The van der Waals surface area contributed by atoms with E-state index in [1.54, 1.807) is 19.1 Å². The Morgan fingerprint density at radius 2 is 1.95 bits per heavy atom. The van der Waals surface area contributed by atoms with Gasteiger partial charge < -0.3 is 15.7 Å². The molecule has 116 valence electrons. The summed E-state index contributed by atoms with van der Waals surface area (Å²) < 4.78 is 24.5. The molecule has 2 amide bonds. The number of sulfonamides is 1. The fraction of sp³-hybridized carbons (Fsp3) is 0.333. The number of benzene rings is 1. The lowest BCUT2D eigenvalue weighted by molar-refractivity contribution is 0.0698. The molecular weight excluding hydrogens is 298 g/mol. The second kappa shape index (κ2) is 7.04. The van der Waals surface area contributed by atoms with Gasteiger partial charge in [0.15, 0.2) is 0 Å². The van der Waals surface area contributed by atoms with E-state index in [0.717, 1.165) is 0 Å². The Morgan fingerprint density at radius 3 is 2.52 bits per heavy atom. The summed E-state index contributed by atoms with van der Waals surface area (Å²) in [6.07, 6.45) is 0. The molecule has 0 bridgehead atoms. The minimum atomic E-state index is -3.40. The first-order valence-electron chi connectivity index (χ1n) is 6.06. The minimum absolute atomic E-state index is 0.0343. The summed E-state index contributed by atoms with van der Waals surface area (Å²) >= 11 is 0. The predicted octanol–water partition coefficient (Wildman–Crippen LogP) is 0.364. The molecule has 4 N–H and O–H groups in total. The number of amides is 2. The molecular formula is C12H17N3O5S. The first kappa shape index (κ1) is 16.9. The van der Waals surface area contributed by atoms with Crippen LogP contribution >= 0.6 is 0 Å². The fourth-order valence-corrected chi connectivity index (χ4v) is 2.15. The van der Waals surface area contributed by atoms with Gasteiger partial charge in [-0.05, 0) is 25.6 Å². The molecule has 0 aromatic heterocycles. The third kappa shape index (κ3) is 5.04. The number of carbonyl (C=O) groups is 2. The zero-order valence-corrected chi connectivity index (χ0v) is 12.5. The van der Waals surface area contributed by atoms with Crippen LogP contribution in [0.3, 0.4) is 0 Å². The number of aryl methyl sites for hydroxylation is 1. The molecule has 1 rings (SSSR count). The van der Waals surface area contributed by atoms with Crippen molar-refractivity contribution in [1.82, 2.24) is 10.0 Å². The van der Waals surface area contributed by atoms with Gasteiger partial charge in [0.25, 0.3) is 0 Å². The van der Waals surface area contributed by atoms with Gasteiger partial charge in [-0.15, -0.1) is 0 Å². The first-order valence-corrected chi connectivity index (χ1v) is 7.71. The molecule has 9 heteroatoms. The van der Waals surface area contributed by atoms with E-state index in [-0.39, 0.29) is 23.5 Å². The van der Waals surface area contributed by atoms with Gasteiger partial charge in [-0.1, -0.05) is 12.1 Å². The molecule has 8 nitrogen and oxygen atoms in total. The summed E-state index contributed by atoms with van der Waals surface area (Å²) in [5.41, 5.74) is 0.736. The lowest BCUT2D eigenvalue weighted by Crippen LogP contribution is -2.35. The number of urea groups is 1. The molecule has 0 heterocycles. The van der Waals surface area contributed by atoms with Crippen LogP contribution < -0.4 is 15.4 Å². The van der Waals surface area contributed by atoms with E-state index in [1.807, 2.05) is 0 Å². The number of hydrogen-bond acceptors (Lipinski definition) is 4. The Labute approximate surface area is 122 Å². The largest absolute Gasteiger partial charge is 0.478 e. The lowest BCUT2D eigenvalue weighted by Gasteiger charge is -2.12. The molecule has 1 aromatic rings. The molecule has 0 fully saturated rings. The van der Waals surface area contributed by atoms with Crippen molar-refractivity contribution in [2.24, 2.45) is 0 Å². The number of hydrogen-bond donors (Lipinski definition) is 4. The molecule has 0 saturated heterocycles. The van der Waals surface area contributed by atoms with Crippen LogP contribution in [0.2, 0.25) is 0 Å². The summed E-state index contributed by atoms with van der Waals surface area (Å²) in [6.45, 7) is 1.57. The highest BCUT2D eigenvalue weighted by Gasteiger charge is 2.14. The predicted molar refractivity (Wildman–Crippen MR) is 78.0 cm³/mol. The smallest absolute Gasteiger partial charge is 0.337 e. The maximum atomic E-state index is 11.7. The van der Waals surface area contributed by atoms with Crippen molar-refractivity contribution < 1.29 is 23.1 Å². The van der Waals surface area contributed by atoms with Crippen molar-refractivity contribution in [1.29, 1.82) is 0 Å². The Morgan fingerprint density at radius 1 is 1.29 bits per heavy atom. The van der Waals surface area contributed by atoms with E-state index in [1.165, 1.54) is 13.1 Å². The van der Waals surface area contributed by atoms with Crippen LogP contribution in [0.1, 0.15) is 15.9 Å². The van der Waals surface area contributed by atoms with Crippen molar-refractivity contribution in [3.63, 3.8) is 0 Å². The van der Waals surface area contributed by atoms with Gasteiger partial charge in [-0.3, -0.25) is 0 Å². The number of para-hydroxylation sites is 1. The number of anilines is 1. The minimum Gasteiger partial charge on any atom is -0.478 e. The summed E-state index contributed by atoms with van der Waals surface area (Å²) in [4.78, 5) is 22.8. The van der Waals surface area contributed by atoms with Gasteiger partial charge in [0.05, 0.1) is 17.0 Å². The average Bonchev–Trinajstić information content (AvgIpc) is 2.40. The third-order valence-corrected chi connectivity index (χ3v) is 4.07. The van der Waals surface area contributed by atoms with E-state index in [0.29, 0.717) is 5.56 Å². The number of carbonyl (C=O) groups excluding carboxylic acids is 1. The molecule has 1 aromatic carbocycles. The molecule has 0 spiro atoms. The van der Waals surface area contributed by atoms with Crippen LogP contribution in [0.15, 0.2) is 18.2 Å². The number of nitrogens with one attached hydrogen (secondary N) is 3. The van der Waals surface area contributed by atoms with Crippen LogP contribution in [-0.2, 0) is 10.0 Å². The average molecular weight is 315 g/mol. The Kier molecular flexibility index (Phi) is 5.68. The van der Waals surface area contributed by atoms with Crippen LogP contribution in [-0.4, -0.2) is 44.9 Å². The molecule has 0 radical (unpaired) electrons. The molecule has 21 heavy (non-hydrogen) atoms. The SMILES string of the molecule is CNS(=O)(=O)CCNC(=O)Nc1c(C)cccc1C(=O)O. The van der Waals surface area contributed by atoms with Crippen LogP contribution in [0.25, 0.3) is 0 Å². The van der Waals surface area contributed by atoms with Gasteiger partial charge in [-0.25, -0.2) is 22.7 Å². The van der Waals surface area contributed by atoms with E-state index in [2.05, 4.69) is 15.4 Å². The summed E-state index contributed by atoms with van der Waals surface area (Å²) in [7, 11) is -2.12. The third-order valence-electron chi connectivity index (χ3n) is 2.71. The highest BCUT2D eigenvalue weighted by atomic mass is 32.2. The highest BCUT2D eigenvalue weighted by Crippen LogP contribution is 2.20. The van der Waals surface area contributed by atoms with Crippen LogP contribution in [0.5, 0.6) is 0 Å². The van der Waals surface area contributed by atoms with E-state index in [4.69, 9.17) is 5.11 Å². The standard InChI is InChI=1S/C12H17N3O5S/c1-8-4-3-5-9(11(16)17)10(8)15-12(18)14-6-7-21(19,20)13-2/h3-5,13H,6-7H2,1-2H3,(H,16,17)(H2,14,15,18). The molecule has 0 aliphatic heterocycles. The monoisotopic (exact) mass is 315 g/mol. The van der Waals surface area contributed by atoms with Gasteiger partial charge in [0.1, 0.15) is 0 Å². The second-order valence-electron chi connectivity index (χ2n) is 4.21. The molecule has 0 aliphatic rings. The van der Waals surface area contributed by atoms with Gasteiger partial charge in [0.2, 0.25) is 10.0 Å². The molecule has 0 aliphatic carbocycles. The van der Waals surface area contributed by atoms with Crippen molar-refractivity contribution in [3.05, 3.63) is 29.3 Å². The van der Waals surface area contributed by atoms with Gasteiger partial charge in [0, 0.05) is 6.54 Å². The number of carboxylic acid groups (broad SMARTS) is 1. The van der Waals surface area contributed by atoms with E-state index in [9.17, 15) is 18.0 Å². The zero-order chi connectivity index (χ0) is 16.0. The zero-order valence-electron chi connectivity index (χ0n) is 11.6. The Hall–Kier alpha value is -2.13. The van der Waals surface area contributed by atoms with E-state index >= 15 is 0 Å². The number of carboxylic acids is 1. The molecule has 0 saturated carbocycles. The van der Waals surface area contributed by atoms with E-state index < -0.39 is 22.0 Å². The van der Waals surface area contributed by atoms with Crippen molar-refractivity contribution >= 4 is 27.7 Å². The maximum Gasteiger partial charge on any atom is 0.337 e. The summed E-state index contributed by atoms with van der Waals surface area (Å²) in [5.74, 6) is -1.43. The second-order valence-corrected chi connectivity index (χ2v) is 6.25.